The molecule has 0 saturated heterocycles. The van der Waals surface area contributed by atoms with Gasteiger partial charge < -0.3 is 29.7 Å². The van der Waals surface area contributed by atoms with Crippen molar-refractivity contribution < 1.29 is 39.2 Å². The van der Waals surface area contributed by atoms with E-state index in [0.29, 0.717) is 22.4 Å². The lowest BCUT2D eigenvalue weighted by atomic mass is 9.57. The van der Waals surface area contributed by atoms with Crippen LogP contribution < -0.4 is 4.90 Å². The maximum absolute atomic E-state index is 14.1. The Hall–Kier alpha value is -3.89. The molecule has 0 bridgehead atoms. The van der Waals surface area contributed by atoms with Crippen LogP contribution in [0.15, 0.2) is 46.0 Å². The molecule has 1 aromatic heterocycles. The molecule has 2 aromatic rings. The van der Waals surface area contributed by atoms with Crippen LogP contribution in [0.3, 0.4) is 0 Å². The Balaban J connectivity index is 1.77. The molecule has 10 nitrogen and oxygen atoms in total. The fourth-order valence-electron chi connectivity index (χ4n) is 6.54. The Morgan fingerprint density at radius 1 is 1.15 bits per heavy atom. The van der Waals surface area contributed by atoms with Gasteiger partial charge in [0.2, 0.25) is 5.78 Å². The van der Waals surface area contributed by atoms with E-state index in [-0.39, 0.29) is 36.1 Å². The lowest BCUT2D eigenvalue weighted by Crippen LogP contribution is -2.65. The molecule has 1 unspecified atom stereocenters. The monoisotopic (exact) mass is 536 g/mol. The molecule has 206 valence electrons. The van der Waals surface area contributed by atoms with Crippen molar-refractivity contribution in [3.63, 3.8) is 0 Å². The number of fused-ring (bicyclic) bond motifs is 3. The number of rotatable bonds is 5. The second kappa shape index (κ2) is 9.10. The first kappa shape index (κ1) is 26.7. The molecular weight excluding hydrogens is 504 g/mol. The molecule has 1 heterocycles. The van der Waals surface area contributed by atoms with Crippen LogP contribution in [0, 0.1) is 11.8 Å². The Morgan fingerprint density at radius 2 is 1.85 bits per heavy atom. The first-order chi connectivity index (χ1) is 18.4. The maximum atomic E-state index is 14.1. The molecule has 5 rings (SSSR count). The number of phenols is 1. The van der Waals surface area contributed by atoms with E-state index in [1.54, 1.807) is 31.1 Å². The quantitative estimate of drug-likeness (QED) is 0.420. The molecule has 0 spiro atoms. The van der Waals surface area contributed by atoms with Gasteiger partial charge in [-0.3, -0.25) is 19.3 Å². The number of likely N-dealkylation sites (N-methyl/N-ethyl adjacent to an activating group) is 1. The molecule has 39 heavy (non-hydrogen) atoms. The number of carbonyl (C=O) groups excluding carboxylic acids is 3. The molecular formula is C29H32N2O8. The number of furan rings is 1. The lowest BCUT2D eigenvalue weighted by Gasteiger charge is -2.50. The lowest BCUT2D eigenvalue weighted by molar-refractivity contribution is -0.153. The van der Waals surface area contributed by atoms with Gasteiger partial charge in [0.1, 0.15) is 22.8 Å². The van der Waals surface area contributed by atoms with E-state index < -0.39 is 57.9 Å². The van der Waals surface area contributed by atoms with Crippen LogP contribution in [0.25, 0.3) is 16.9 Å². The van der Waals surface area contributed by atoms with Crippen molar-refractivity contribution >= 4 is 28.8 Å². The number of aliphatic hydroxyl groups is 3. The smallest absolute Gasteiger partial charge is 0.202 e. The number of phenolic OH excluding ortho intramolecular Hbond substituents is 1. The van der Waals surface area contributed by atoms with E-state index in [9.17, 15) is 34.8 Å². The molecule has 0 amide bonds. The number of nitrogens with zero attached hydrogens (tertiary/aromatic N) is 2. The van der Waals surface area contributed by atoms with Crippen LogP contribution in [0.1, 0.15) is 30.9 Å². The first-order valence-corrected chi connectivity index (χ1v) is 12.8. The summed E-state index contributed by atoms with van der Waals surface area (Å²) in [6.45, 7) is 1.52. The summed E-state index contributed by atoms with van der Waals surface area (Å²) in [6, 6.07) is 2.39. The van der Waals surface area contributed by atoms with Gasteiger partial charge in [-0.1, -0.05) is 6.92 Å². The Bertz CT molecular complexity index is 1470. The summed E-state index contributed by atoms with van der Waals surface area (Å²) >= 11 is 0. The zero-order chi connectivity index (χ0) is 28.5. The first-order valence-electron chi connectivity index (χ1n) is 12.8. The highest BCUT2D eigenvalue weighted by Crippen LogP contribution is 2.55. The van der Waals surface area contributed by atoms with E-state index in [2.05, 4.69) is 0 Å². The van der Waals surface area contributed by atoms with E-state index in [1.807, 2.05) is 19.0 Å². The van der Waals surface area contributed by atoms with E-state index >= 15 is 0 Å². The van der Waals surface area contributed by atoms with Gasteiger partial charge in [-0.15, -0.1) is 0 Å². The fraction of sp³-hybridized carbons (Fsp3) is 0.414. The summed E-state index contributed by atoms with van der Waals surface area (Å²) in [5, 5.41) is 45.9. The number of hydrogen-bond acceptors (Lipinski definition) is 10. The molecule has 1 aromatic carbocycles. The molecule has 3 aliphatic rings. The van der Waals surface area contributed by atoms with E-state index in [0.717, 1.165) is 0 Å². The molecule has 0 radical (unpaired) electrons. The van der Waals surface area contributed by atoms with Crippen LogP contribution >= 0.6 is 0 Å². The van der Waals surface area contributed by atoms with Gasteiger partial charge >= 0.3 is 0 Å². The third-order valence-corrected chi connectivity index (χ3v) is 8.36. The Morgan fingerprint density at radius 3 is 2.41 bits per heavy atom. The second-order valence-electron chi connectivity index (χ2n) is 10.9. The van der Waals surface area contributed by atoms with Crippen molar-refractivity contribution in [1.82, 2.24) is 4.90 Å². The van der Waals surface area contributed by atoms with Crippen molar-refractivity contribution in [3.05, 3.63) is 52.7 Å². The van der Waals surface area contributed by atoms with Crippen molar-refractivity contribution in [2.45, 2.75) is 37.8 Å². The van der Waals surface area contributed by atoms with Crippen LogP contribution in [-0.4, -0.2) is 82.5 Å². The minimum atomic E-state index is -2.59. The summed E-state index contributed by atoms with van der Waals surface area (Å²) in [5.41, 5.74) is -1.00. The van der Waals surface area contributed by atoms with Crippen molar-refractivity contribution in [2.75, 3.05) is 33.1 Å². The van der Waals surface area contributed by atoms with Crippen LogP contribution in [-0.2, 0) is 20.8 Å². The largest absolute Gasteiger partial charge is 0.508 e. The number of aromatic hydroxyl groups is 1. The average Bonchev–Trinajstić information content (AvgIpc) is 3.40. The van der Waals surface area contributed by atoms with Crippen LogP contribution in [0.2, 0.25) is 0 Å². The summed E-state index contributed by atoms with van der Waals surface area (Å²) in [5.74, 6) is -5.71. The summed E-state index contributed by atoms with van der Waals surface area (Å²) in [7, 11) is 6.87. The molecule has 4 atom stereocenters. The highest BCUT2D eigenvalue weighted by atomic mass is 16.3. The second-order valence-corrected chi connectivity index (χ2v) is 10.9. The fourth-order valence-corrected chi connectivity index (χ4v) is 6.54. The molecule has 0 aliphatic heterocycles. The van der Waals surface area contributed by atoms with Gasteiger partial charge in [-0.2, -0.15) is 0 Å². The van der Waals surface area contributed by atoms with Gasteiger partial charge in [0.15, 0.2) is 17.2 Å². The normalized spacial score (nSPS) is 26.5. The van der Waals surface area contributed by atoms with Gasteiger partial charge in [0.05, 0.1) is 24.1 Å². The number of benzene rings is 1. The van der Waals surface area contributed by atoms with Crippen molar-refractivity contribution in [2.24, 2.45) is 11.8 Å². The third kappa shape index (κ3) is 3.58. The SMILES string of the molecule is CCC(=O)C1=C(O)[C@]2(O)C(=O)C3=C(O)c4c(O)c(-c5ccoc5)cc(N(C)C)c4C[C@@H]3C[C@@H]2C(N(C)C)C1=O. The van der Waals surface area contributed by atoms with Crippen molar-refractivity contribution in [1.29, 1.82) is 0 Å². The number of Topliss-reactive ketones (excluding diaryl/α,β-unsaturated/α-hetero) is 3. The van der Waals surface area contributed by atoms with Gasteiger partial charge in [-0.05, 0) is 50.6 Å². The molecule has 10 heteroatoms. The minimum Gasteiger partial charge on any atom is -0.508 e. The van der Waals surface area contributed by atoms with Crippen molar-refractivity contribution in [3.8, 4) is 16.9 Å². The highest BCUT2D eigenvalue weighted by Gasteiger charge is 2.64. The minimum absolute atomic E-state index is 0.0587. The number of carbonyl (C=O) groups is 3. The topological polar surface area (TPSA) is 152 Å². The summed E-state index contributed by atoms with van der Waals surface area (Å²) < 4.78 is 5.18. The zero-order valence-corrected chi connectivity index (χ0v) is 22.5. The molecule has 1 fully saturated rings. The summed E-state index contributed by atoms with van der Waals surface area (Å²) in [6.07, 6.45) is 3.10. The maximum Gasteiger partial charge on any atom is 0.202 e. The summed E-state index contributed by atoms with van der Waals surface area (Å²) in [4.78, 5) is 43.6. The number of aliphatic hydroxyl groups excluding tert-OH is 2. The molecule has 1 saturated carbocycles. The highest BCUT2D eigenvalue weighted by molar-refractivity contribution is 6.25. The predicted molar refractivity (Wildman–Crippen MR) is 142 cm³/mol. The van der Waals surface area contributed by atoms with Crippen LogP contribution in [0.4, 0.5) is 5.69 Å². The number of ketones is 3. The third-order valence-electron chi connectivity index (χ3n) is 8.36. The van der Waals surface area contributed by atoms with Gasteiger partial charge in [0.25, 0.3) is 0 Å². The van der Waals surface area contributed by atoms with Gasteiger partial charge in [0, 0.05) is 48.8 Å². The Labute approximate surface area is 225 Å². The van der Waals surface area contributed by atoms with Crippen LogP contribution in [0.5, 0.6) is 5.75 Å². The standard InChI is InChI=1S/C29H32N2O8/c1-6-19(32)22-26(35)23(31(4)5)17-10-14-9-16-18(30(2)3)11-15(13-7-8-39-12-13)24(33)21(16)25(34)20(14)27(36)29(17,38)28(22)37/h7-8,11-12,14,17,23,33-34,37-38H,6,9-10H2,1-5H3/t14-,17-,23?,29-/m1/s1. The number of anilines is 1. The van der Waals surface area contributed by atoms with E-state index in [4.69, 9.17) is 4.42 Å². The average molecular weight is 537 g/mol. The molecule has 3 aliphatic carbocycles. The molecule has 4 N–H and O–H groups in total. The Kier molecular flexibility index (Phi) is 6.23. The zero-order valence-electron chi connectivity index (χ0n) is 22.5. The van der Waals surface area contributed by atoms with Gasteiger partial charge in [-0.25, -0.2) is 0 Å². The van der Waals surface area contributed by atoms with E-state index in [1.165, 1.54) is 19.5 Å². The number of hydrogen-bond donors (Lipinski definition) is 4. The predicted octanol–water partition coefficient (Wildman–Crippen LogP) is 2.78.